The number of rotatable bonds is 4. The molecule has 2 aromatic rings. The van der Waals surface area contributed by atoms with Crippen molar-refractivity contribution in [2.75, 3.05) is 7.11 Å². The quantitative estimate of drug-likeness (QED) is 0.570. The first-order chi connectivity index (χ1) is 8.72. The molecule has 0 bridgehead atoms. The molecule has 0 atom stereocenters. The molecule has 2 aromatic heterocycles. The van der Waals surface area contributed by atoms with Crippen molar-refractivity contribution in [3.8, 4) is 0 Å². The Bertz CT molecular complexity index is 562. The predicted molar refractivity (Wildman–Crippen MR) is 60.1 cm³/mol. The third-order valence-corrected chi connectivity index (χ3v) is 2.21. The maximum Gasteiger partial charge on any atom is 0.358 e. The first kappa shape index (κ1) is 11.9. The van der Waals surface area contributed by atoms with E-state index in [0.29, 0.717) is 17.8 Å². The largest absolute Gasteiger partial charge is 0.464 e. The van der Waals surface area contributed by atoms with Crippen LogP contribution in [0.15, 0.2) is 24.8 Å². The van der Waals surface area contributed by atoms with Gasteiger partial charge in [0.1, 0.15) is 0 Å². The van der Waals surface area contributed by atoms with E-state index in [1.807, 2.05) is 0 Å². The van der Waals surface area contributed by atoms with Crippen molar-refractivity contribution >= 4 is 12.3 Å². The highest BCUT2D eigenvalue weighted by molar-refractivity contribution is 5.86. The smallest absolute Gasteiger partial charge is 0.358 e. The van der Waals surface area contributed by atoms with E-state index in [2.05, 4.69) is 19.8 Å². The van der Waals surface area contributed by atoms with Gasteiger partial charge in [0.2, 0.25) is 0 Å². The maximum absolute atomic E-state index is 11.1. The number of carbonyl (C=O) groups excluding carboxylic acids is 2. The molecular weight excluding hydrogens is 236 g/mol. The lowest BCUT2D eigenvalue weighted by atomic mass is 10.4. The summed E-state index contributed by atoms with van der Waals surface area (Å²) in [6, 6.07) is 0. The lowest BCUT2D eigenvalue weighted by molar-refractivity contribution is 0.0593. The summed E-state index contributed by atoms with van der Waals surface area (Å²) in [5, 5.41) is 3.98. The lowest BCUT2D eigenvalue weighted by Crippen LogP contribution is -2.08. The highest BCUT2D eigenvalue weighted by Crippen LogP contribution is 2.01. The Morgan fingerprint density at radius 2 is 2.22 bits per heavy atom. The van der Waals surface area contributed by atoms with Crippen LogP contribution < -0.4 is 0 Å². The normalized spacial score (nSPS) is 10.1. The molecule has 0 radical (unpaired) electrons. The van der Waals surface area contributed by atoms with Gasteiger partial charge in [0.05, 0.1) is 43.5 Å². The van der Waals surface area contributed by atoms with E-state index in [9.17, 15) is 9.59 Å². The molecule has 18 heavy (non-hydrogen) atoms. The van der Waals surface area contributed by atoms with Crippen molar-refractivity contribution in [3.63, 3.8) is 0 Å². The van der Waals surface area contributed by atoms with Crippen molar-refractivity contribution in [2.24, 2.45) is 0 Å². The number of carbonyl (C=O) groups is 2. The number of ether oxygens (including phenoxy) is 1. The van der Waals surface area contributed by atoms with E-state index in [4.69, 9.17) is 0 Å². The van der Waals surface area contributed by atoms with Crippen molar-refractivity contribution < 1.29 is 14.3 Å². The van der Waals surface area contributed by atoms with Crippen LogP contribution in [0.2, 0.25) is 0 Å². The topological polar surface area (TPSA) is 87.0 Å². The van der Waals surface area contributed by atoms with Crippen LogP contribution in [-0.2, 0) is 11.3 Å². The van der Waals surface area contributed by atoms with E-state index < -0.39 is 5.97 Å². The Morgan fingerprint density at radius 3 is 2.78 bits per heavy atom. The fourth-order valence-corrected chi connectivity index (χ4v) is 1.34. The van der Waals surface area contributed by atoms with Crippen LogP contribution >= 0.6 is 0 Å². The number of hydrogen-bond acceptors (Lipinski definition) is 6. The third kappa shape index (κ3) is 2.57. The molecule has 2 rings (SSSR count). The Morgan fingerprint density at radius 1 is 1.39 bits per heavy atom. The van der Waals surface area contributed by atoms with Gasteiger partial charge in [0, 0.05) is 6.20 Å². The summed E-state index contributed by atoms with van der Waals surface area (Å²) < 4.78 is 6.08. The minimum Gasteiger partial charge on any atom is -0.464 e. The molecule has 92 valence electrons. The van der Waals surface area contributed by atoms with Crippen LogP contribution in [-0.4, -0.2) is 39.1 Å². The number of hydrogen-bond donors (Lipinski definition) is 0. The highest BCUT2D eigenvalue weighted by atomic mass is 16.5. The zero-order chi connectivity index (χ0) is 13.0. The van der Waals surface area contributed by atoms with Gasteiger partial charge in [-0.15, -0.1) is 0 Å². The van der Waals surface area contributed by atoms with Gasteiger partial charge in [-0.05, 0) is 0 Å². The second-order valence-electron chi connectivity index (χ2n) is 3.47. The standard InChI is InChI=1S/C11H10N4O3/c1-18-11(17)10-4-12-9(3-13-10)6-15-5-8(7-16)2-14-15/h2-5,7H,6H2,1H3. The van der Waals surface area contributed by atoms with Crippen LogP contribution in [0.4, 0.5) is 0 Å². The van der Waals surface area contributed by atoms with Gasteiger partial charge < -0.3 is 4.74 Å². The predicted octanol–water partition coefficient (Wildman–Crippen LogP) is 0.321. The first-order valence-electron chi connectivity index (χ1n) is 5.10. The lowest BCUT2D eigenvalue weighted by Gasteiger charge is -2.01. The van der Waals surface area contributed by atoms with Crippen LogP contribution in [0.1, 0.15) is 26.5 Å². The Hall–Kier alpha value is -2.57. The summed E-state index contributed by atoms with van der Waals surface area (Å²) in [7, 11) is 1.28. The summed E-state index contributed by atoms with van der Waals surface area (Å²) in [6.45, 7) is 0.377. The zero-order valence-corrected chi connectivity index (χ0v) is 9.61. The van der Waals surface area contributed by atoms with Gasteiger partial charge in [-0.3, -0.25) is 14.5 Å². The fraction of sp³-hybridized carbons (Fsp3) is 0.182. The van der Waals surface area contributed by atoms with Gasteiger partial charge in [-0.2, -0.15) is 5.10 Å². The van der Waals surface area contributed by atoms with E-state index in [1.165, 1.54) is 25.7 Å². The Balaban J connectivity index is 2.10. The molecule has 0 N–H and O–H groups in total. The summed E-state index contributed by atoms with van der Waals surface area (Å²) in [4.78, 5) is 29.6. The van der Waals surface area contributed by atoms with Crippen molar-refractivity contribution in [1.29, 1.82) is 0 Å². The van der Waals surface area contributed by atoms with Crippen molar-refractivity contribution in [2.45, 2.75) is 6.54 Å². The third-order valence-electron chi connectivity index (χ3n) is 2.21. The molecule has 0 fully saturated rings. The number of aromatic nitrogens is 4. The minimum atomic E-state index is -0.531. The molecule has 0 spiro atoms. The van der Waals surface area contributed by atoms with Gasteiger partial charge in [0.15, 0.2) is 12.0 Å². The number of methoxy groups -OCH3 is 1. The van der Waals surface area contributed by atoms with Crippen LogP contribution in [0.5, 0.6) is 0 Å². The van der Waals surface area contributed by atoms with Crippen LogP contribution in [0, 0.1) is 0 Å². The molecule has 0 aliphatic heterocycles. The van der Waals surface area contributed by atoms with Gasteiger partial charge >= 0.3 is 5.97 Å². The van der Waals surface area contributed by atoms with Crippen LogP contribution in [0.25, 0.3) is 0 Å². The number of nitrogens with zero attached hydrogens (tertiary/aromatic N) is 4. The molecule has 0 saturated carbocycles. The summed E-state index contributed by atoms with van der Waals surface area (Å²) in [5.74, 6) is -0.531. The van der Waals surface area contributed by atoms with Gasteiger partial charge in [-0.25, -0.2) is 9.78 Å². The molecular formula is C11H10N4O3. The second-order valence-corrected chi connectivity index (χ2v) is 3.47. The maximum atomic E-state index is 11.1. The minimum absolute atomic E-state index is 0.148. The van der Waals surface area contributed by atoms with E-state index >= 15 is 0 Å². The zero-order valence-electron chi connectivity index (χ0n) is 9.61. The Labute approximate surface area is 102 Å². The van der Waals surface area contributed by atoms with E-state index in [0.717, 1.165) is 6.29 Å². The average Bonchev–Trinajstić information content (AvgIpc) is 2.86. The fourth-order valence-electron chi connectivity index (χ4n) is 1.34. The molecule has 2 heterocycles. The molecule has 0 aromatic carbocycles. The molecule has 7 heteroatoms. The first-order valence-corrected chi connectivity index (χ1v) is 5.10. The average molecular weight is 246 g/mol. The molecule has 0 amide bonds. The monoisotopic (exact) mass is 246 g/mol. The number of aldehydes is 1. The van der Waals surface area contributed by atoms with Gasteiger partial charge in [0.25, 0.3) is 0 Å². The highest BCUT2D eigenvalue weighted by Gasteiger charge is 2.07. The molecule has 0 saturated heterocycles. The van der Waals surface area contributed by atoms with E-state index in [-0.39, 0.29) is 5.69 Å². The SMILES string of the molecule is COC(=O)c1cnc(Cn2cc(C=O)cn2)cn1. The van der Waals surface area contributed by atoms with Crippen molar-refractivity contribution in [1.82, 2.24) is 19.7 Å². The summed E-state index contributed by atoms with van der Waals surface area (Å²) in [6.07, 6.45) is 6.58. The number of esters is 1. The Kier molecular flexibility index (Phi) is 3.42. The molecule has 0 aliphatic carbocycles. The summed E-state index contributed by atoms with van der Waals surface area (Å²) in [5.41, 5.74) is 1.27. The second kappa shape index (κ2) is 5.17. The molecule has 7 nitrogen and oxygen atoms in total. The van der Waals surface area contributed by atoms with Crippen molar-refractivity contribution in [3.05, 3.63) is 41.7 Å². The summed E-state index contributed by atoms with van der Waals surface area (Å²) >= 11 is 0. The van der Waals surface area contributed by atoms with Gasteiger partial charge in [-0.1, -0.05) is 0 Å². The van der Waals surface area contributed by atoms with Crippen LogP contribution in [0.3, 0.4) is 0 Å². The van der Waals surface area contributed by atoms with E-state index in [1.54, 1.807) is 10.9 Å². The molecule has 0 aliphatic rings. The molecule has 0 unspecified atom stereocenters.